The molecule has 1 atom stereocenters. The minimum Gasteiger partial charge on any atom is -0.384 e. The van der Waals surface area contributed by atoms with Crippen molar-refractivity contribution < 1.29 is 4.79 Å². The third-order valence-corrected chi connectivity index (χ3v) is 5.26. The molecule has 1 fully saturated rings. The van der Waals surface area contributed by atoms with Crippen LogP contribution in [0.25, 0.3) is 0 Å². The van der Waals surface area contributed by atoms with Crippen molar-refractivity contribution in [3.63, 3.8) is 0 Å². The fourth-order valence-corrected chi connectivity index (χ4v) is 3.70. The molecular weight excluding hydrogens is 340 g/mol. The Morgan fingerprint density at radius 3 is 2.89 bits per heavy atom. The molecular formula is C20H30N6O. The van der Waals surface area contributed by atoms with E-state index >= 15 is 0 Å². The quantitative estimate of drug-likeness (QED) is 0.808. The van der Waals surface area contributed by atoms with Crippen LogP contribution < -0.4 is 5.73 Å². The van der Waals surface area contributed by atoms with Crippen LogP contribution in [0.3, 0.4) is 0 Å². The Labute approximate surface area is 161 Å². The van der Waals surface area contributed by atoms with Crippen molar-refractivity contribution in [2.24, 2.45) is 0 Å². The van der Waals surface area contributed by atoms with Gasteiger partial charge in [-0.15, -0.1) is 0 Å². The van der Waals surface area contributed by atoms with Gasteiger partial charge in [-0.25, -0.2) is 9.97 Å². The molecule has 0 radical (unpaired) electrons. The summed E-state index contributed by atoms with van der Waals surface area (Å²) in [6.45, 7) is 3.27. The Hall–Kier alpha value is -2.41. The molecule has 0 unspecified atom stereocenters. The van der Waals surface area contributed by atoms with Crippen molar-refractivity contribution in [3.05, 3.63) is 42.6 Å². The summed E-state index contributed by atoms with van der Waals surface area (Å²) >= 11 is 0. The van der Waals surface area contributed by atoms with Crippen LogP contribution in [0.5, 0.6) is 0 Å². The molecule has 0 saturated carbocycles. The van der Waals surface area contributed by atoms with Crippen LogP contribution in [-0.2, 0) is 17.9 Å². The van der Waals surface area contributed by atoms with E-state index in [1.807, 2.05) is 29.4 Å². The normalized spacial score (nSPS) is 17.9. The average molecular weight is 371 g/mol. The third kappa shape index (κ3) is 5.79. The standard InChI is InChI=1S/C20H30N6O/c1-24(16-19-22-10-8-18(21)23-19)17-6-4-14-26(15-9-17)20(27)7-5-13-25-11-2-3-12-25/h2-3,8,10-12,17H,4-7,9,13-16H2,1H3,(H2,21,22,23)/t17-/m0/s1. The Balaban J connectivity index is 1.44. The summed E-state index contributed by atoms with van der Waals surface area (Å²) < 4.78 is 2.12. The molecule has 2 aromatic heterocycles. The number of nitrogens with two attached hydrogens (primary N) is 1. The molecule has 1 amide bonds. The Morgan fingerprint density at radius 2 is 2.11 bits per heavy atom. The van der Waals surface area contributed by atoms with Crippen LogP contribution in [0.1, 0.15) is 37.9 Å². The van der Waals surface area contributed by atoms with Crippen LogP contribution in [0, 0.1) is 0 Å². The molecule has 146 valence electrons. The average Bonchev–Trinajstić information content (AvgIpc) is 3.03. The lowest BCUT2D eigenvalue weighted by Crippen LogP contribution is -2.35. The van der Waals surface area contributed by atoms with Gasteiger partial charge in [0.05, 0.1) is 6.54 Å². The molecule has 1 aliphatic rings. The zero-order valence-electron chi connectivity index (χ0n) is 16.1. The molecule has 0 aliphatic carbocycles. The first kappa shape index (κ1) is 19.4. The lowest BCUT2D eigenvalue weighted by atomic mass is 10.1. The van der Waals surface area contributed by atoms with Gasteiger partial charge in [0.25, 0.3) is 0 Å². The van der Waals surface area contributed by atoms with Crippen LogP contribution in [-0.4, -0.2) is 56.4 Å². The minimum absolute atomic E-state index is 0.282. The van der Waals surface area contributed by atoms with Gasteiger partial charge in [-0.1, -0.05) is 0 Å². The molecule has 3 heterocycles. The second-order valence-electron chi connectivity index (χ2n) is 7.30. The predicted octanol–water partition coefficient (Wildman–Crippen LogP) is 2.15. The maximum Gasteiger partial charge on any atom is 0.222 e. The van der Waals surface area contributed by atoms with Gasteiger partial charge in [0.2, 0.25) is 5.91 Å². The van der Waals surface area contributed by atoms with E-state index in [0.29, 0.717) is 24.8 Å². The van der Waals surface area contributed by atoms with Crippen molar-refractivity contribution in [1.82, 2.24) is 24.3 Å². The number of nitrogen functional groups attached to an aromatic ring is 1. The lowest BCUT2D eigenvalue weighted by molar-refractivity contribution is -0.131. The van der Waals surface area contributed by atoms with Gasteiger partial charge in [0, 0.05) is 50.7 Å². The molecule has 2 N–H and O–H groups in total. The Kier molecular flexibility index (Phi) is 6.81. The minimum atomic E-state index is 0.282. The monoisotopic (exact) mass is 370 g/mol. The topological polar surface area (TPSA) is 80.3 Å². The lowest BCUT2D eigenvalue weighted by Gasteiger charge is -2.26. The van der Waals surface area contributed by atoms with Crippen molar-refractivity contribution in [2.75, 3.05) is 25.9 Å². The highest BCUT2D eigenvalue weighted by Gasteiger charge is 2.23. The van der Waals surface area contributed by atoms with Gasteiger partial charge >= 0.3 is 0 Å². The van der Waals surface area contributed by atoms with Gasteiger partial charge in [-0.2, -0.15) is 0 Å². The van der Waals surface area contributed by atoms with Crippen LogP contribution in [0.15, 0.2) is 36.8 Å². The van der Waals surface area contributed by atoms with E-state index in [0.717, 1.165) is 51.1 Å². The van der Waals surface area contributed by atoms with Crippen LogP contribution in [0.4, 0.5) is 5.82 Å². The summed E-state index contributed by atoms with van der Waals surface area (Å²) in [4.78, 5) is 25.5. The number of likely N-dealkylation sites (tertiary alicyclic amines) is 1. The summed E-state index contributed by atoms with van der Waals surface area (Å²) in [7, 11) is 2.10. The summed E-state index contributed by atoms with van der Waals surface area (Å²) in [5, 5.41) is 0. The Morgan fingerprint density at radius 1 is 1.30 bits per heavy atom. The SMILES string of the molecule is CN(Cc1nccc(N)n1)[C@H]1CCCN(C(=O)CCCn2cccc2)CC1. The Bertz CT molecular complexity index is 717. The highest BCUT2D eigenvalue weighted by molar-refractivity contribution is 5.76. The number of anilines is 1. The van der Waals surface area contributed by atoms with Gasteiger partial charge in [-0.05, 0) is 50.9 Å². The molecule has 1 saturated heterocycles. The zero-order chi connectivity index (χ0) is 19.1. The zero-order valence-corrected chi connectivity index (χ0v) is 16.1. The molecule has 0 bridgehead atoms. The number of amides is 1. The number of hydrogen-bond donors (Lipinski definition) is 1. The smallest absolute Gasteiger partial charge is 0.222 e. The maximum absolute atomic E-state index is 12.6. The summed E-state index contributed by atoms with van der Waals surface area (Å²) in [5.41, 5.74) is 5.74. The highest BCUT2D eigenvalue weighted by atomic mass is 16.2. The molecule has 1 aliphatic heterocycles. The van der Waals surface area contributed by atoms with Gasteiger partial charge in [-0.3, -0.25) is 9.69 Å². The molecule has 7 nitrogen and oxygen atoms in total. The predicted molar refractivity (Wildman–Crippen MR) is 106 cm³/mol. The summed E-state index contributed by atoms with van der Waals surface area (Å²) in [6.07, 6.45) is 10.4. The van der Waals surface area contributed by atoms with Crippen molar-refractivity contribution >= 4 is 11.7 Å². The first-order valence-electron chi connectivity index (χ1n) is 9.78. The molecule has 0 aromatic carbocycles. The van der Waals surface area contributed by atoms with Gasteiger partial charge in [0.1, 0.15) is 11.6 Å². The van der Waals surface area contributed by atoms with Gasteiger partial charge in [0.15, 0.2) is 0 Å². The number of carbonyl (C=O) groups is 1. The highest BCUT2D eigenvalue weighted by Crippen LogP contribution is 2.18. The fourth-order valence-electron chi connectivity index (χ4n) is 3.70. The number of nitrogens with zero attached hydrogens (tertiary/aromatic N) is 5. The number of carbonyl (C=O) groups excluding carboxylic acids is 1. The first-order chi connectivity index (χ1) is 13.1. The van der Waals surface area contributed by atoms with Crippen molar-refractivity contribution in [2.45, 2.75) is 51.2 Å². The van der Waals surface area contributed by atoms with E-state index in [4.69, 9.17) is 5.73 Å². The van der Waals surface area contributed by atoms with E-state index < -0.39 is 0 Å². The second-order valence-corrected chi connectivity index (χ2v) is 7.30. The number of aromatic nitrogens is 3. The van der Waals surface area contributed by atoms with E-state index in [2.05, 4.69) is 26.5 Å². The fraction of sp³-hybridized carbons (Fsp3) is 0.550. The largest absolute Gasteiger partial charge is 0.384 e. The van der Waals surface area contributed by atoms with E-state index in [1.165, 1.54) is 0 Å². The summed E-state index contributed by atoms with van der Waals surface area (Å²) in [6, 6.07) is 6.17. The molecule has 3 rings (SSSR count). The molecule has 0 spiro atoms. The summed E-state index contributed by atoms with van der Waals surface area (Å²) in [5.74, 6) is 1.54. The number of rotatable bonds is 7. The molecule has 27 heavy (non-hydrogen) atoms. The van der Waals surface area contributed by atoms with E-state index in [-0.39, 0.29) is 5.91 Å². The molecule has 7 heteroatoms. The van der Waals surface area contributed by atoms with Crippen LogP contribution in [0.2, 0.25) is 0 Å². The molecule has 2 aromatic rings. The van der Waals surface area contributed by atoms with Crippen molar-refractivity contribution in [1.29, 1.82) is 0 Å². The number of aryl methyl sites for hydroxylation is 1. The van der Waals surface area contributed by atoms with Crippen molar-refractivity contribution in [3.8, 4) is 0 Å². The first-order valence-corrected chi connectivity index (χ1v) is 9.78. The maximum atomic E-state index is 12.6. The van der Waals surface area contributed by atoms with Crippen LogP contribution >= 0.6 is 0 Å². The number of hydrogen-bond acceptors (Lipinski definition) is 5. The van der Waals surface area contributed by atoms with E-state index in [9.17, 15) is 4.79 Å². The van der Waals surface area contributed by atoms with E-state index in [1.54, 1.807) is 12.3 Å². The second kappa shape index (κ2) is 9.50. The third-order valence-electron chi connectivity index (χ3n) is 5.26. The van der Waals surface area contributed by atoms with Gasteiger partial charge < -0.3 is 15.2 Å².